The molecule has 148 valence electrons. The average molecular weight is 388 g/mol. The Morgan fingerprint density at radius 3 is 2.62 bits per heavy atom. The van der Waals surface area contributed by atoms with Crippen molar-refractivity contribution >= 4 is 28.5 Å². The number of likely N-dealkylation sites (tertiary alicyclic amines) is 1. The number of carbonyl (C=O) groups excluding carboxylic acids is 2. The normalized spacial score (nSPS) is 17.0. The van der Waals surface area contributed by atoms with Gasteiger partial charge in [-0.1, -0.05) is 12.1 Å². The second kappa shape index (κ2) is 7.03. The van der Waals surface area contributed by atoms with Crippen LogP contribution in [0.5, 0.6) is 0 Å². The Labute approximate surface area is 169 Å². The van der Waals surface area contributed by atoms with Crippen LogP contribution in [0.15, 0.2) is 42.5 Å². The molecule has 0 bridgehead atoms. The van der Waals surface area contributed by atoms with E-state index in [2.05, 4.69) is 4.98 Å². The Kier molecular flexibility index (Phi) is 4.34. The molecule has 1 aromatic heterocycles. The number of benzene rings is 2. The van der Waals surface area contributed by atoms with E-state index >= 15 is 0 Å². The molecule has 6 heteroatoms. The van der Waals surface area contributed by atoms with E-state index in [1.165, 1.54) is 0 Å². The van der Waals surface area contributed by atoms with E-state index in [9.17, 15) is 9.59 Å². The van der Waals surface area contributed by atoms with Crippen LogP contribution in [0, 0.1) is 0 Å². The zero-order valence-electron chi connectivity index (χ0n) is 16.5. The number of nitrogens with one attached hydrogen (secondary N) is 1. The molecule has 0 radical (unpaired) electrons. The Morgan fingerprint density at radius 1 is 1.07 bits per heavy atom. The molecule has 0 aliphatic carbocycles. The first-order valence-corrected chi connectivity index (χ1v) is 10.2. The van der Waals surface area contributed by atoms with Gasteiger partial charge in [0, 0.05) is 43.7 Å². The quantitative estimate of drug-likeness (QED) is 0.731. The van der Waals surface area contributed by atoms with Gasteiger partial charge in [0.25, 0.3) is 5.91 Å². The van der Waals surface area contributed by atoms with Crippen molar-refractivity contribution in [1.82, 2.24) is 14.9 Å². The topological polar surface area (TPSA) is 69.3 Å². The minimum atomic E-state index is 0.0514. The molecule has 6 nitrogen and oxygen atoms in total. The van der Waals surface area contributed by atoms with Gasteiger partial charge in [-0.3, -0.25) is 9.59 Å². The lowest BCUT2D eigenvalue weighted by molar-refractivity contribution is -0.116. The van der Waals surface area contributed by atoms with Crippen LogP contribution in [0.1, 0.15) is 47.4 Å². The molecule has 0 spiro atoms. The summed E-state index contributed by atoms with van der Waals surface area (Å²) in [5, 5.41) is 0. The van der Waals surface area contributed by atoms with Crippen molar-refractivity contribution < 1.29 is 9.59 Å². The van der Waals surface area contributed by atoms with E-state index < -0.39 is 0 Å². The summed E-state index contributed by atoms with van der Waals surface area (Å²) in [6.45, 7) is 3.75. The Morgan fingerprint density at radius 2 is 1.86 bits per heavy atom. The standard InChI is InChI=1S/C23H24N4O2/c1-15(28)27-13-10-17-14-18(6-7-21(17)27)23(29)26-11-8-16(9-12-26)22-24-19-4-2-3-5-20(19)25-22/h2-7,14,16H,8-13H2,1H3,(H,24,25). The summed E-state index contributed by atoms with van der Waals surface area (Å²) < 4.78 is 0. The highest BCUT2D eigenvalue weighted by molar-refractivity contribution is 5.98. The summed E-state index contributed by atoms with van der Waals surface area (Å²) in [5.41, 5.74) is 4.81. The predicted octanol–water partition coefficient (Wildman–Crippen LogP) is 3.49. The second-order valence-electron chi connectivity index (χ2n) is 7.97. The van der Waals surface area contributed by atoms with Gasteiger partial charge in [0.15, 0.2) is 0 Å². The first kappa shape index (κ1) is 17.9. The molecule has 2 amide bonds. The fourth-order valence-electron chi connectivity index (χ4n) is 4.57. The fourth-order valence-corrected chi connectivity index (χ4v) is 4.57. The van der Waals surface area contributed by atoms with Crippen molar-refractivity contribution in [2.75, 3.05) is 24.5 Å². The Hall–Kier alpha value is -3.15. The molecule has 3 aromatic rings. The molecule has 5 rings (SSSR count). The summed E-state index contributed by atoms with van der Waals surface area (Å²) >= 11 is 0. The van der Waals surface area contributed by atoms with Crippen LogP contribution in [-0.2, 0) is 11.2 Å². The summed E-state index contributed by atoms with van der Waals surface area (Å²) in [4.78, 5) is 36.6. The molecule has 2 aromatic carbocycles. The number of hydrogen-bond acceptors (Lipinski definition) is 3. The molecule has 1 saturated heterocycles. The predicted molar refractivity (Wildman–Crippen MR) is 112 cm³/mol. The number of imidazole rings is 1. The minimum Gasteiger partial charge on any atom is -0.342 e. The smallest absolute Gasteiger partial charge is 0.253 e. The lowest BCUT2D eigenvalue weighted by Crippen LogP contribution is -2.38. The number of amides is 2. The highest BCUT2D eigenvalue weighted by Gasteiger charge is 2.28. The molecule has 2 aliphatic heterocycles. The van der Waals surface area contributed by atoms with Crippen molar-refractivity contribution in [2.45, 2.75) is 32.1 Å². The van der Waals surface area contributed by atoms with Crippen LogP contribution in [0.2, 0.25) is 0 Å². The number of piperidine rings is 1. The molecule has 1 N–H and O–H groups in total. The maximum atomic E-state index is 13.0. The highest BCUT2D eigenvalue weighted by Crippen LogP contribution is 2.31. The fraction of sp³-hybridized carbons (Fsp3) is 0.348. The zero-order chi connectivity index (χ0) is 20.0. The number of aromatic nitrogens is 2. The molecular formula is C23H24N4O2. The van der Waals surface area contributed by atoms with Crippen molar-refractivity contribution in [1.29, 1.82) is 0 Å². The molecular weight excluding hydrogens is 364 g/mol. The van der Waals surface area contributed by atoms with Crippen molar-refractivity contribution in [3.63, 3.8) is 0 Å². The maximum Gasteiger partial charge on any atom is 0.253 e. The number of fused-ring (bicyclic) bond motifs is 2. The van der Waals surface area contributed by atoms with Gasteiger partial charge in [-0.05, 0) is 55.2 Å². The Balaban J connectivity index is 1.27. The number of H-pyrrole nitrogens is 1. The third-order valence-electron chi connectivity index (χ3n) is 6.18. The van der Waals surface area contributed by atoms with Gasteiger partial charge in [0.05, 0.1) is 11.0 Å². The first-order valence-electron chi connectivity index (χ1n) is 10.2. The largest absolute Gasteiger partial charge is 0.342 e. The third kappa shape index (κ3) is 3.18. The zero-order valence-corrected chi connectivity index (χ0v) is 16.5. The molecule has 1 fully saturated rings. The van der Waals surface area contributed by atoms with Gasteiger partial charge < -0.3 is 14.8 Å². The van der Waals surface area contributed by atoms with E-state index in [1.54, 1.807) is 11.8 Å². The van der Waals surface area contributed by atoms with Crippen LogP contribution < -0.4 is 4.90 Å². The van der Waals surface area contributed by atoms with Gasteiger partial charge in [-0.15, -0.1) is 0 Å². The minimum absolute atomic E-state index is 0.0514. The summed E-state index contributed by atoms with van der Waals surface area (Å²) in [6, 6.07) is 13.8. The monoisotopic (exact) mass is 388 g/mol. The van der Waals surface area contributed by atoms with Gasteiger partial charge >= 0.3 is 0 Å². The summed E-state index contributed by atoms with van der Waals surface area (Å²) in [7, 11) is 0. The van der Waals surface area contributed by atoms with Crippen molar-refractivity contribution in [2.24, 2.45) is 0 Å². The summed E-state index contributed by atoms with van der Waals surface area (Å²) in [6.07, 6.45) is 2.63. The number of carbonyl (C=O) groups is 2. The first-order chi connectivity index (χ1) is 14.1. The molecule has 3 heterocycles. The summed E-state index contributed by atoms with van der Waals surface area (Å²) in [5.74, 6) is 1.52. The van der Waals surface area contributed by atoms with Crippen LogP contribution in [0.4, 0.5) is 5.69 Å². The van der Waals surface area contributed by atoms with Gasteiger partial charge in [-0.25, -0.2) is 4.98 Å². The number of anilines is 1. The van der Waals surface area contributed by atoms with Crippen molar-refractivity contribution in [3.8, 4) is 0 Å². The van der Waals surface area contributed by atoms with Gasteiger partial charge in [0.2, 0.25) is 5.91 Å². The highest BCUT2D eigenvalue weighted by atomic mass is 16.2. The third-order valence-corrected chi connectivity index (χ3v) is 6.18. The Bertz CT molecular complexity index is 1060. The van der Waals surface area contributed by atoms with Gasteiger partial charge in [-0.2, -0.15) is 0 Å². The number of nitrogens with zero attached hydrogens (tertiary/aromatic N) is 3. The van der Waals surface area contributed by atoms with Crippen LogP contribution in [0.25, 0.3) is 11.0 Å². The maximum absolute atomic E-state index is 13.0. The van der Waals surface area contributed by atoms with Crippen LogP contribution >= 0.6 is 0 Å². The molecule has 29 heavy (non-hydrogen) atoms. The number of para-hydroxylation sites is 2. The lowest BCUT2D eigenvalue weighted by atomic mass is 9.95. The van der Waals surface area contributed by atoms with Crippen LogP contribution in [0.3, 0.4) is 0 Å². The van der Waals surface area contributed by atoms with Crippen molar-refractivity contribution in [3.05, 3.63) is 59.4 Å². The van der Waals surface area contributed by atoms with Gasteiger partial charge in [0.1, 0.15) is 5.82 Å². The molecule has 2 aliphatic rings. The van der Waals surface area contributed by atoms with E-state index in [0.29, 0.717) is 12.5 Å². The molecule has 0 saturated carbocycles. The van der Waals surface area contributed by atoms with E-state index in [4.69, 9.17) is 4.98 Å². The number of rotatable bonds is 2. The molecule has 0 atom stereocenters. The number of aromatic amines is 1. The SMILES string of the molecule is CC(=O)N1CCc2cc(C(=O)N3CCC(c4nc5ccccc5[nH]4)CC3)ccc21. The van der Waals surface area contributed by atoms with E-state index in [1.807, 2.05) is 47.4 Å². The average Bonchev–Trinajstić information content (AvgIpc) is 3.37. The number of hydrogen-bond donors (Lipinski definition) is 1. The molecule has 0 unspecified atom stereocenters. The van der Waals surface area contributed by atoms with Crippen LogP contribution in [-0.4, -0.2) is 46.3 Å². The van der Waals surface area contributed by atoms with E-state index in [-0.39, 0.29) is 11.8 Å². The lowest BCUT2D eigenvalue weighted by Gasteiger charge is -2.31. The second-order valence-corrected chi connectivity index (χ2v) is 7.97. The van der Waals surface area contributed by atoms with E-state index in [0.717, 1.165) is 66.0 Å².